The molecule has 0 spiro atoms. The Labute approximate surface area is 278 Å². The SMILES string of the molecule is C[C@H](/C=C/CC(=O)N1Cc2ccccc2C[C@H]1CO)[C@@]1(O)C(=O)N(Cc2cccc(-n3ncc4ccccc4c3=O)c2)c2ccccc21. The van der Waals surface area contributed by atoms with Crippen LogP contribution in [0.4, 0.5) is 5.69 Å². The number of hydrogen-bond acceptors (Lipinski definition) is 6. The number of benzene rings is 4. The van der Waals surface area contributed by atoms with E-state index in [4.69, 9.17) is 0 Å². The van der Waals surface area contributed by atoms with Crippen LogP contribution in [0.15, 0.2) is 120 Å². The van der Waals surface area contributed by atoms with Gasteiger partial charge >= 0.3 is 0 Å². The van der Waals surface area contributed by atoms with Crippen molar-refractivity contribution < 1.29 is 19.8 Å². The van der Waals surface area contributed by atoms with E-state index in [0.717, 1.165) is 22.1 Å². The number of anilines is 1. The number of carbonyl (C=O) groups is 2. The zero-order valence-corrected chi connectivity index (χ0v) is 26.6. The number of carbonyl (C=O) groups excluding carboxylic acids is 2. The molecule has 0 aliphatic carbocycles. The maximum atomic E-state index is 14.1. The van der Waals surface area contributed by atoms with Crippen molar-refractivity contribution in [2.45, 2.75) is 44.5 Å². The number of rotatable bonds is 8. The minimum absolute atomic E-state index is 0.0770. The minimum Gasteiger partial charge on any atom is -0.394 e. The van der Waals surface area contributed by atoms with E-state index >= 15 is 0 Å². The van der Waals surface area contributed by atoms with Gasteiger partial charge < -0.3 is 20.0 Å². The lowest BCUT2D eigenvalue weighted by molar-refractivity contribution is -0.139. The Kier molecular flexibility index (Phi) is 8.24. The second kappa shape index (κ2) is 12.7. The van der Waals surface area contributed by atoms with Crippen molar-refractivity contribution >= 4 is 28.3 Å². The lowest BCUT2D eigenvalue weighted by Gasteiger charge is -2.36. The topological polar surface area (TPSA) is 116 Å². The number of aromatic nitrogens is 2. The highest BCUT2D eigenvalue weighted by atomic mass is 16.3. The highest BCUT2D eigenvalue weighted by Gasteiger charge is 2.52. The molecule has 3 heterocycles. The predicted molar refractivity (Wildman–Crippen MR) is 183 cm³/mol. The molecule has 2 N–H and O–H groups in total. The molecule has 5 aromatic rings. The molecule has 0 saturated heterocycles. The van der Waals surface area contributed by atoms with E-state index in [2.05, 4.69) is 5.10 Å². The Hall–Kier alpha value is -5.38. The van der Waals surface area contributed by atoms with Crippen LogP contribution in [0, 0.1) is 5.92 Å². The molecule has 242 valence electrons. The molecule has 48 heavy (non-hydrogen) atoms. The van der Waals surface area contributed by atoms with Gasteiger partial charge in [-0.2, -0.15) is 9.78 Å². The molecule has 0 fully saturated rings. The van der Waals surface area contributed by atoms with E-state index in [9.17, 15) is 24.6 Å². The van der Waals surface area contributed by atoms with Crippen molar-refractivity contribution in [3.63, 3.8) is 0 Å². The lowest BCUT2D eigenvalue weighted by atomic mass is 9.83. The normalized spacial score (nSPS) is 19.5. The second-order valence-electron chi connectivity index (χ2n) is 12.5. The van der Waals surface area contributed by atoms with Crippen molar-refractivity contribution in [2.75, 3.05) is 11.5 Å². The molecule has 9 nitrogen and oxygen atoms in total. The molecule has 0 unspecified atom stereocenters. The highest BCUT2D eigenvalue weighted by Crippen LogP contribution is 2.45. The number of para-hydroxylation sites is 1. The van der Waals surface area contributed by atoms with Gasteiger partial charge in [0, 0.05) is 29.8 Å². The van der Waals surface area contributed by atoms with Gasteiger partial charge in [0.25, 0.3) is 11.5 Å². The number of amides is 2. The quantitative estimate of drug-likeness (QED) is 0.239. The van der Waals surface area contributed by atoms with E-state index in [1.54, 1.807) is 59.3 Å². The average molecular weight is 641 g/mol. The van der Waals surface area contributed by atoms with Crippen LogP contribution in [0.25, 0.3) is 16.5 Å². The van der Waals surface area contributed by atoms with Crippen LogP contribution in [-0.2, 0) is 34.7 Å². The van der Waals surface area contributed by atoms with Crippen LogP contribution in [0.2, 0.25) is 0 Å². The van der Waals surface area contributed by atoms with Crippen LogP contribution in [-0.4, -0.2) is 49.4 Å². The number of hydrogen-bond donors (Lipinski definition) is 2. The Morgan fingerprint density at radius 3 is 2.56 bits per heavy atom. The maximum Gasteiger partial charge on any atom is 0.279 e. The first-order valence-corrected chi connectivity index (χ1v) is 16.1. The Morgan fingerprint density at radius 1 is 0.979 bits per heavy atom. The average Bonchev–Trinajstić information content (AvgIpc) is 3.33. The smallest absolute Gasteiger partial charge is 0.279 e. The molecule has 0 radical (unpaired) electrons. The molecule has 9 heteroatoms. The zero-order valence-electron chi connectivity index (χ0n) is 26.6. The number of aliphatic hydroxyl groups is 2. The summed E-state index contributed by atoms with van der Waals surface area (Å²) in [7, 11) is 0. The van der Waals surface area contributed by atoms with Gasteiger partial charge in [-0.3, -0.25) is 14.4 Å². The molecule has 2 aliphatic rings. The van der Waals surface area contributed by atoms with E-state index in [-0.39, 0.29) is 37.1 Å². The Balaban J connectivity index is 1.10. The van der Waals surface area contributed by atoms with E-state index in [1.165, 1.54) is 4.68 Å². The summed E-state index contributed by atoms with van der Waals surface area (Å²) in [5.74, 6) is -1.24. The van der Waals surface area contributed by atoms with Gasteiger partial charge in [-0.05, 0) is 47.4 Å². The van der Waals surface area contributed by atoms with Gasteiger partial charge in [0.1, 0.15) is 0 Å². The monoisotopic (exact) mass is 640 g/mol. The second-order valence-corrected chi connectivity index (χ2v) is 12.5. The first kappa shape index (κ1) is 31.2. The molecule has 0 saturated carbocycles. The van der Waals surface area contributed by atoms with E-state index in [0.29, 0.717) is 35.3 Å². The fourth-order valence-electron chi connectivity index (χ4n) is 6.97. The molecular weight excluding hydrogens is 604 g/mol. The van der Waals surface area contributed by atoms with Crippen molar-refractivity contribution in [2.24, 2.45) is 5.92 Å². The first-order valence-electron chi connectivity index (χ1n) is 16.1. The summed E-state index contributed by atoms with van der Waals surface area (Å²) in [5.41, 5.74) is 2.56. The molecule has 3 atom stereocenters. The van der Waals surface area contributed by atoms with Gasteiger partial charge in [0.2, 0.25) is 5.91 Å². The molecule has 0 bridgehead atoms. The summed E-state index contributed by atoms with van der Waals surface area (Å²) in [5, 5.41) is 27.8. The Bertz CT molecular complexity index is 2120. The maximum absolute atomic E-state index is 14.1. The zero-order chi connectivity index (χ0) is 33.4. The molecule has 7 rings (SSSR count). The number of nitrogens with zero attached hydrogens (tertiary/aromatic N) is 4. The summed E-state index contributed by atoms with van der Waals surface area (Å²) in [6, 6.07) is 29.4. The highest BCUT2D eigenvalue weighted by molar-refractivity contribution is 6.07. The molecule has 2 amide bonds. The Morgan fingerprint density at radius 2 is 1.73 bits per heavy atom. The summed E-state index contributed by atoms with van der Waals surface area (Å²) in [6.07, 6.45) is 5.75. The summed E-state index contributed by atoms with van der Waals surface area (Å²) in [4.78, 5) is 43.9. The first-order chi connectivity index (χ1) is 23.3. The van der Waals surface area contributed by atoms with Crippen molar-refractivity contribution in [1.82, 2.24) is 14.7 Å². The molecule has 2 aliphatic heterocycles. The third kappa shape index (κ3) is 5.40. The van der Waals surface area contributed by atoms with E-state index in [1.807, 2.05) is 72.8 Å². The van der Waals surface area contributed by atoms with Crippen molar-refractivity contribution in [3.8, 4) is 5.69 Å². The third-order valence-corrected chi connectivity index (χ3v) is 9.63. The van der Waals surface area contributed by atoms with Crippen LogP contribution in [0.3, 0.4) is 0 Å². The standard InChI is InChI=1S/C39H36N4O5/c1-26(10-8-19-36(45)41-24-30-14-3-2-12-28(30)21-32(41)25-44)39(48)34-17-6-7-18-35(34)42(38(39)47)23-27-11-9-15-31(20-27)43-37(46)33-16-5-4-13-29(33)22-40-43/h2-18,20,22,26,32,44,48H,19,21,23-25H2,1H3/b10-8+/t26-,32+,39+/m1/s1. The molecule has 1 aromatic heterocycles. The number of fused-ring (bicyclic) bond motifs is 3. The fourth-order valence-corrected chi connectivity index (χ4v) is 6.97. The van der Waals surface area contributed by atoms with Crippen LogP contribution >= 0.6 is 0 Å². The van der Waals surface area contributed by atoms with Gasteiger partial charge in [0.05, 0.1) is 42.2 Å². The van der Waals surface area contributed by atoms with Crippen LogP contribution in [0.5, 0.6) is 0 Å². The van der Waals surface area contributed by atoms with Gasteiger partial charge in [-0.25, -0.2) is 0 Å². The third-order valence-electron chi connectivity index (χ3n) is 9.63. The molecular formula is C39H36N4O5. The lowest BCUT2D eigenvalue weighted by Crippen LogP contribution is -2.46. The molecule has 4 aromatic carbocycles. The number of aliphatic hydroxyl groups excluding tert-OH is 1. The van der Waals surface area contributed by atoms with Gasteiger partial charge in [-0.15, -0.1) is 0 Å². The van der Waals surface area contributed by atoms with Crippen molar-refractivity contribution in [1.29, 1.82) is 0 Å². The van der Waals surface area contributed by atoms with Crippen LogP contribution < -0.4 is 10.5 Å². The van der Waals surface area contributed by atoms with Crippen LogP contribution in [0.1, 0.15) is 35.6 Å². The summed E-state index contributed by atoms with van der Waals surface area (Å²) in [6.45, 7) is 2.24. The van der Waals surface area contributed by atoms with Gasteiger partial charge in [-0.1, -0.05) is 91.9 Å². The summed E-state index contributed by atoms with van der Waals surface area (Å²) >= 11 is 0. The summed E-state index contributed by atoms with van der Waals surface area (Å²) < 4.78 is 1.35. The fraction of sp³-hybridized carbons (Fsp3) is 0.231. The van der Waals surface area contributed by atoms with Crippen molar-refractivity contribution in [3.05, 3.63) is 148 Å². The minimum atomic E-state index is -1.84. The van der Waals surface area contributed by atoms with Gasteiger partial charge in [0.15, 0.2) is 5.60 Å². The van der Waals surface area contributed by atoms with E-state index < -0.39 is 17.4 Å². The largest absolute Gasteiger partial charge is 0.394 e. The predicted octanol–water partition coefficient (Wildman–Crippen LogP) is 4.65.